The summed E-state index contributed by atoms with van der Waals surface area (Å²) in [6, 6.07) is 31.1. The number of aromatic amines is 1. The van der Waals surface area contributed by atoms with E-state index in [4.69, 9.17) is 0 Å². The number of hydrazine groups is 1. The van der Waals surface area contributed by atoms with Crippen LogP contribution >= 0.6 is 0 Å². The van der Waals surface area contributed by atoms with Crippen LogP contribution in [-0.2, 0) is 4.79 Å². The molecular formula is C23H22N4O. The molecule has 0 bridgehead atoms. The first-order valence-electron chi connectivity index (χ1n) is 8.92. The average Bonchev–Trinajstić information content (AvgIpc) is 3.21. The number of benzene rings is 3. The molecule has 4 aromatic rings. The van der Waals surface area contributed by atoms with E-state index in [0.717, 1.165) is 28.1 Å². The SMILES string of the molecule is CC(=O)NN.c1ccc(-c2n[nH]c(-c3ccccc3)c2-c2ccccc2)cc1. The van der Waals surface area contributed by atoms with E-state index in [1.54, 1.807) is 0 Å². The van der Waals surface area contributed by atoms with Crippen molar-refractivity contribution >= 4 is 5.91 Å². The number of carbonyl (C=O) groups excluding carboxylic acids is 1. The van der Waals surface area contributed by atoms with Crippen molar-refractivity contribution in [3.8, 4) is 33.6 Å². The van der Waals surface area contributed by atoms with Crippen molar-refractivity contribution < 1.29 is 4.79 Å². The number of hydrogen-bond acceptors (Lipinski definition) is 3. The molecule has 0 aliphatic carbocycles. The maximum atomic E-state index is 9.58. The smallest absolute Gasteiger partial charge is 0.230 e. The first kappa shape index (κ1) is 19.1. The Hall–Kier alpha value is -3.70. The fourth-order valence-electron chi connectivity index (χ4n) is 2.85. The van der Waals surface area contributed by atoms with Crippen LogP contribution in [0.3, 0.4) is 0 Å². The highest BCUT2D eigenvalue weighted by molar-refractivity contribution is 5.91. The van der Waals surface area contributed by atoms with Crippen molar-refractivity contribution in [2.45, 2.75) is 6.92 Å². The van der Waals surface area contributed by atoms with Crippen molar-refractivity contribution in [1.82, 2.24) is 15.6 Å². The number of rotatable bonds is 3. The third kappa shape index (κ3) is 4.52. The lowest BCUT2D eigenvalue weighted by Crippen LogP contribution is -2.26. The minimum Gasteiger partial charge on any atom is -0.295 e. The lowest BCUT2D eigenvalue weighted by Gasteiger charge is -2.07. The van der Waals surface area contributed by atoms with Crippen LogP contribution in [0, 0.1) is 0 Å². The minimum absolute atomic E-state index is 0.218. The van der Waals surface area contributed by atoms with Crippen LogP contribution in [0.1, 0.15) is 6.92 Å². The number of carbonyl (C=O) groups is 1. The molecule has 0 saturated carbocycles. The Morgan fingerprint density at radius 2 is 1.21 bits per heavy atom. The summed E-state index contributed by atoms with van der Waals surface area (Å²) in [7, 11) is 0. The molecule has 4 N–H and O–H groups in total. The molecule has 3 aromatic carbocycles. The van der Waals surface area contributed by atoms with Crippen molar-refractivity contribution in [3.05, 3.63) is 91.0 Å². The molecule has 0 fully saturated rings. The molecule has 0 atom stereocenters. The molecule has 5 nitrogen and oxygen atoms in total. The Labute approximate surface area is 164 Å². The topological polar surface area (TPSA) is 83.8 Å². The Bertz CT molecular complexity index is 955. The molecule has 0 aliphatic heterocycles. The monoisotopic (exact) mass is 370 g/mol. The summed E-state index contributed by atoms with van der Waals surface area (Å²) in [6.07, 6.45) is 0. The number of nitrogens with zero attached hydrogens (tertiary/aromatic N) is 1. The normalized spacial score (nSPS) is 9.93. The van der Waals surface area contributed by atoms with Gasteiger partial charge in [-0.25, -0.2) is 5.84 Å². The molecule has 5 heteroatoms. The number of amides is 1. The Morgan fingerprint density at radius 3 is 1.68 bits per heavy atom. The van der Waals surface area contributed by atoms with Gasteiger partial charge < -0.3 is 0 Å². The summed E-state index contributed by atoms with van der Waals surface area (Å²) in [4.78, 5) is 9.58. The van der Waals surface area contributed by atoms with Crippen LogP contribution in [0.4, 0.5) is 0 Å². The van der Waals surface area contributed by atoms with Gasteiger partial charge in [0.15, 0.2) is 0 Å². The summed E-state index contributed by atoms with van der Waals surface area (Å²) in [5, 5.41) is 7.85. The Balaban J connectivity index is 0.000000403. The van der Waals surface area contributed by atoms with Gasteiger partial charge in [-0.05, 0) is 5.56 Å². The van der Waals surface area contributed by atoms with E-state index in [0.29, 0.717) is 0 Å². The summed E-state index contributed by atoms with van der Waals surface area (Å²) in [6.45, 7) is 1.35. The van der Waals surface area contributed by atoms with Gasteiger partial charge in [0.05, 0.1) is 5.69 Å². The lowest BCUT2D eigenvalue weighted by atomic mass is 9.96. The fraction of sp³-hybridized carbons (Fsp3) is 0.0435. The minimum atomic E-state index is -0.218. The molecular weight excluding hydrogens is 348 g/mol. The number of aromatic nitrogens is 2. The number of nitrogens with two attached hydrogens (primary N) is 1. The van der Waals surface area contributed by atoms with Crippen LogP contribution in [0.5, 0.6) is 0 Å². The first-order valence-corrected chi connectivity index (χ1v) is 8.92. The second-order valence-corrected chi connectivity index (χ2v) is 6.12. The van der Waals surface area contributed by atoms with Crippen molar-refractivity contribution in [3.63, 3.8) is 0 Å². The highest BCUT2D eigenvalue weighted by atomic mass is 16.2. The maximum Gasteiger partial charge on any atom is 0.230 e. The van der Waals surface area contributed by atoms with E-state index >= 15 is 0 Å². The molecule has 4 rings (SSSR count). The fourth-order valence-corrected chi connectivity index (χ4v) is 2.85. The van der Waals surface area contributed by atoms with E-state index < -0.39 is 0 Å². The molecule has 140 valence electrons. The zero-order valence-corrected chi connectivity index (χ0v) is 15.6. The second-order valence-electron chi connectivity index (χ2n) is 6.12. The van der Waals surface area contributed by atoms with Crippen molar-refractivity contribution in [2.75, 3.05) is 0 Å². The zero-order chi connectivity index (χ0) is 19.8. The van der Waals surface area contributed by atoms with Gasteiger partial charge in [0.25, 0.3) is 0 Å². The van der Waals surface area contributed by atoms with Crippen LogP contribution in [0.15, 0.2) is 91.0 Å². The van der Waals surface area contributed by atoms with Gasteiger partial charge in [0.2, 0.25) is 5.91 Å². The van der Waals surface area contributed by atoms with Gasteiger partial charge in [-0.3, -0.25) is 15.3 Å². The molecule has 0 aliphatic rings. The lowest BCUT2D eigenvalue weighted by molar-refractivity contribution is -0.119. The largest absolute Gasteiger partial charge is 0.295 e. The van der Waals surface area contributed by atoms with Crippen molar-refractivity contribution in [1.29, 1.82) is 0 Å². The molecule has 1 heterocycles. The van der Waals surface area contributed by atoms with Gasteiger partial charge in [-0.15, -0.1) is 0 Å². The average molecular weight is 370 g/mol. The molecule has 1 aromatic heterocycles. The Morgan fingerprint density at radius 1 is 0.786 bits per heavy atom. The van der Waals surface area contributed by atoms with Crippen LogP contribution in [0.25, 0.3) is 33.6 Å². The highest BCUT2D eigenvalue weighted by Crippen LogP contribution is 2.37. The van der Waals surface area contributed by atoms with E-state index in [1.165, 1.54) is 12.5 Å². The Kier molecular flexibility index (Phi) is 6.33. The van der Waals surface area contributed by atoms with Crippen LogP contribution < -0.4 is 11.3 Å². The third-order valence-electron chi connectivity index (χ3n) is 4.14. The number of H-pyrrole nitrogens is 1. The summed E-state index contributed by atoms with van der Waals surface area (Å²) < 4.78 is 0. The van der Waals surface area contributed by atoms with Gasteiger partial charge in [-0.1, -0.05) is 91.0 Å². The second kappa shape index (κ2) is 9.30. The predicted molar refractivity (Wildman–Crippen MR) is 113 cm³/mol. The number of nitrogens with one attached hydrogen (secondary N) is 2. The molecule has 0 unspecified atom stereocenters. The molecule has 1 amide bonds. The summed E-state index contributed by atoms with van der Waals surface area (Å²) >= 11 is 0. The zero-order valence-electron chi connectivity index (χ0n) is 15.6. The summed E-state index contributed by atoms with van der Waals surface area (Å²) in [5.41, 5.74) is 8.49. The first-order chi connectivity index (χ1) is 13.7. The van der Waals surface area contributed by atoms with Gasteiger partial charge in [0, 0.05) is 23.6 Å². The van der Waals surface area contributed by atoms with Gasteiger partial charge in [-0.2, -0.15) is 5.10 Å². The molecule has 28 heavy (non-hydrogen) atoms. The summed E-state index contributed by atoms with van der Waals surface area (Å²) in [5.74, 6) is 4.35. The van der Waals surface area contributed by atoms with E-state index in [-0.39, 0.29) is 5.91 Å². The van der Waals surface area contributed by atoms with E-state index in [1.807, 2.05) is 47.9 Å². The maximum absolute atomic E-state index is 9.58. The van der Waals surface area contributed by atoms with Gasteiger partial charge in [0.1, 0.15) is 5.69 Å². The van der Waals surface area contributed by atoms with E-state index in [2.05, 4.69) is 64.6 Å². The quantitative estimate of drug-likeness (QED) is 0.284. The van der Waals surface area contributed by atoms with Gasteiger partial charge >= 0.3 is 0 Å². The molecule has 0 saturated heterocycles. The standard InChI is InChI=1S/C21H16N2.C2H6N2O/c1-4-10-16(11-5-1)19-20(17-12-6-2-7-13-17)22-23-21(19)18-14-8-3-9-15-18;1-2(5)4-3/h1-15H,(H,22,23);3H2,1H3,(H,4,5). The third-order valence-corrected chi connectivity index (χ3v) is 4.14. The highest BCUT2D eigenvalue weighted by Gasteiger charge is 2.17. The van der Waals surface area contributed by atoms with Crippen molar-refractivity contribution in [2.24, 2.45) is 5.84 Å². The number of hydrogen-bond donors (Lipinski definition) is 3. The van der Waals surface area contributed by atoms with Crippen LogP contribution in [0.2, 0.25) is 0 Å². The molecule has 0 radical (unpaired) electrons. The van der Waals surface area contributed by atoms with E-state index in [9.17, 15) is 4.79 Å². The predicted octanol–water partition coefficient (Wildman–Crippen LogP) is 4.41. The van der Waals surface area contributed by atoms with Crippen LogP contribution in [-0.4, -0.2) is 16.1 Å². The molecule has 0 spiro atoms.